The van der Waals surface area contributed by atoms with Crippen molar-refractivity contribution in [2.75, 3.05) is 24.2 Å². The third kappa shape index (κ3) is 7.65. The number of hydrogen-bond donors (Lipinski definition) is 4. The standard InChI is InChI=1S/C18H23N5O2/c1-5-14(19-4)11-20-13(3)22-15-8-7-9-16(10-15)23-18(25)12-21-17(24)6-2/h5-11,19,22H,2-3,12H2,1,4H3,(H,21,24)(H,23,25)/b14-5+,20-11-. The van der Waals surface area contributed by atoms with E-state index >= 15 is 0 Å². The van der Waals surface area contributed by atoms with E-state index < -0.39 is 5.91 Å². The molecule has 7 nitrogen and oxygen atoms in total. The molecule has 1 aromatic carbocycles. The van der Waals surface area contributed by atoms with Crippen LogP contribution in [0.3, 0.4) is 0 Å². The molecule has 0 bridgehead atoms. The monoisotopic (exact) mass is 341 g/mol. The highest BCUT2D eigenvalue weighted by Crippen LogP contribution is 2.16. The number of allylic oxidation sites excluding steroid dienone is 2. The van der Waals surface area contributed by atoms with Gasteiger partial charge < -0.3 is 21.3 Å². The minimum absolute atomic E-state index is 0.129. The Labute approximate surface area is 147 Å². The summed E-state index contributed by atoms with van der Waals surface area (Å²) in [6.45, 7) is 8.92. The molecule has 0 saturated heterocycles. The summed E-state index contributed by atoms with van der Waals surface area (Å²) in [7, 11) is 1.81. The number of aliphatic imine (C=N–C) groups is 1. The van der Waals surface area contributed by atoms with Gasteiger partial charge in [0, 0.05) is 24.1 Å². The van der Waals surface area contributed by atoms with Gasteiger partial charge in [-0.3, -0.25) is 9.59 Å². The molecule has 7 heteroatoms. The predicted molar refractivity (Wildman–Crippen MR) is 102 cm³/mol. The van der Waals surface area contributed by atoms with E-state index in [1.54, 1.807) is 31.5 Å². The lowest BCUT2D eigenvalue weighted by atomic mass is 10.2. The van der Waals surface area contributed by atoms with Gasteiger partial charge >= 0.3 is 0 Å². The maximum atomic E-state index is 11.8. The van der Waals surface area contributed by atoms with Crippen molar-refractivity contribution in [1.29, 1.82) is 0 Å². The quantitative estimate of drug-likeness (QED) is 0.408. The number of nitrogens with zero attached hydrogens (tertiary/aromatic N) is 1. The number of amides is 2. The van der Waals surface area contributed by atoms with Gasteiger partial charge in [-0.2, -0.15) is 0 Å². The van der Waals surface area contributed by atoms with Crippen LogP contribution in [0.4, 0.5) is 11.4 Å². The van der Waals surface area contributed by atoms with E-state index in [1.165, 1.54) is 0 Å². The molecule has 1 aromatic rings. The van der Waals surface area contributed by atoms with Crippen molar-refractivity contribution in [1.82, 2.24) is 10.6 Å². The van der Waals surface area contributed by atoms with Crippen LogP contribution in [0.5, 0.6) is 0 Å². The highest BCUT2D eigenvalue weighted by Gasteiger charge is 2.04. The van der Waals surface area contributed by atoms with E-state index in [0.29, 0.717) is 11.5 Å². The Balaban J connectivity index is 2.62. The van der Waals surface area contributed by atoms with Crippen LogP contribution in [-0.2, 0) is 9.59 Å². The first-order valence-corrected chi connectivity index (χ1v) is 7.62. The van der Waals surface area contributed by atoms with E-state index in [9.17, 15) is 9.59 Å². The van der Waals surface area contributed by atoms with E-state index in [1.807, 2.05) is 19.1 Å². The van der Waals surface area contributed by atoms with Gasteiger partial charge in [-0.15, -0.1) is 0 Å². The fourth-order valence-electron chi connectivity index (χ4n) is 1.75. The summed E-state index contributed by atoms with van der Waals surface area (Å²) in [4.78, 5) is 27.0. The lowest BCUT2D eigenvalue weighted by Gasteiger charge is -2.09. The van der Waals surface area contributed by atoms with Crippen molar-refractivity contribution in [3.8, 4) is 0 Å². The Kier molecular flexibility index (Phi) is 8.22. The second kappa shape index (κ2) is 10.4. The maximum absolute atomic E-state index is 11.8. The van der Waals surface area contributed by atoms with Gasteiger partial charge in [-0.1, -0.05) is 25.3 Å². The van der Waals surface area contributed by atoms with Crippen LogP contribution in [0.25, 0.3) is 0 Å². The molecule has 4 N–H and O–H groups in total. The molecule has 0 radical (unpaired) electrons. The van der Waals surface area contributed by atoms with Crippen molar-refractivity contribution in [2.45, 2.75) is 6.92 Å². The predicted octanol–water partition coefficient (Wildman–Crippen LogP) is 2.00. The number of rotatable bonds is 9. The Bertz CT molecular complexity index is 707. The van der Waals surface area contributed by atoms with Crippen LogP contribution in [0.1, 0.15) is 6.92 Å². The number of hydrogen-bond acceptors (Lipinski definition) is 5. The molecule has 0 aliphatic rings. The molecular formula is C18H23N5O2. The molecule has 0 aliphatic carbocycles. The van der Waals surface area contributed by atoms with Gasteiger partial charge in [0.05, 0.1) is 12.8 Å². The van der Waals surface area contributed by atoms with Crippen molar-refractivity contribution in [3.63, 3.8) is 0 Å². The smallest absolute Gasteiger partial charge is 0.243 e. The normalized spacial score (nSPS) is 10.9. The van der Waals surface area contributed by atoms with Crippen LogP contribution in [0, 0.1) is 0 Å². The van der Waals surface area contributed by atoms with Crippen LogP contribution in [0.2, 0.25) is 0 Å². The van der Waals surface area contributed by atoms with Gasteiger partial charge in [-0.05, 0) is 31.2 Å². The summed E-state index contributed by atoms with van der Waals surface area (Å²) in [5.74, 6) is -0.283. The average molecular weight is 341 g/mol. The second-order valence-corrected chi connectivity index (χ2v) is 4.87. The molecule has 2 amide bonds. The fraction of sp³-hybridized carbons (Fsp3) is 0.167. The SMILES string of the molecule is C=CC(=O)NCC(=O)Nc1cccc(NC(=C)/N=C\C(=C/C)NC)c1. The molecular weight excluding hydrogens is 318 g/mol. The van der Waals surface area contributed by atoms with Crippen LogP contribution < -0.4 is 21.3 Å². The third-order valence-corrected chi connectivity index (χ3v) is 3.00. The maximum Gasteiger partial charge on any atom is 0.243 e. The molecule has 0 aromatic heterocycles. The van der Waals surface area contributed by atoms with Crippen molar-refractivity contribution >= 4 is 29.4 Å². The number of carbonyl (C=O) groups excluding carboxylic acids is 2. The van der Waals surface area contributed by atoms with E-state index in [2.05, 4.69) is 39.4 Å². The summed E-state index contributed by atoms with van der Waals surface area (Å²) < 4.78 is 0. The van der Waals surface area contributed by atoms with Crippen LogP contribution >= 0.6 is 0 Å². The summed E-state index contributed by atoms with van der Waals surface area (Å²) in [5.41, 5.74) is 2.18. The Morgan fingerprint density at radius 2 is 1.92 bits per heavy atom. The lowest BCUT2D eigenvalue weighted by molar-refractivity contribution is -0.121. The van der Waals surface area contributed by atoms with E-state index in [4.69, 9.17) is 0 Å². The summed E-state index contributed by atoms with van der Waals surface area (Å²) in [5, 5.41) is 11.1. The first kappa shape index (κ1) is 19.7. The van der Waals surface area contributed by atoms with Gasteiger partial charge in [0.25, 0.3) is 0 Å². The average Bonchev–Trinajstić information content (AvgIpc) is 2.60. The van der Waals surface area contributed by atoms with Crippen molar-refractivity contribution < 1.29 is 9.59 Å². The van der Waals surface area contributed by atoms with Gasteiger partial charge in [0.15, 0.2) is 0 Å². The molecule has 25 heavy (non-hydrogen) atoms. The van der Waals surface area contributed by atoms with Gasteiger partial charge in [-0.25, -0.2) is 4.99 Å². The molecule has 0 fully saturated rings. The highest BCUT2D eigenvalue weighted by molar-refractivity contribution is 5.96. The summed E-state index contributed by atoms with van der Waals surface area (Å²) in [6.07, 6.45) is 4.65. The minimum atomic E-state index is -0.401. The van der Waals surface area contributed by atoms with Crippen molar-refractivity contribution in [2.24, 2.45) is 4.99 Å². The molecule has 0 aliphatic heterocycles. The first-order valence-electron chi connectivity index (χ1n) is 7.62. The Morgan fingerprint density at radius 1 is 1.24 bits per heavy atom. The molecule has 1 rings (SSSR count). The largest absolute Gasteiger partial charge is 0.387 e. The molecule has 0 heterocycles. The number of carbonyl (C=O) groups is 2. The third-order valence-electron chi connectivity index (χ3n) is 3.00. The van der Waals surface area contributed by atoms with Crippen LogP contribution in [-0.4, -0.2) is 31.6 Å². The van der Waals surface area contributed by atoms with Crippen LogP contribution in [0.15, 0.2) is 66.1 Å². The fourth-order valence-corrected chi connectivity index (χ4v) is 1.75. The number of nitrogens with one attached hydrogen (secondary N) is 4. The number of benzene rings is 1. The molecule has 0 atom stereocenters. The summed E-state index contributed by atoms with van der Waals surface area (Å²) >= 11 is 0. The number of anilines is 2. The zero-order valence-corrected chi connectivity index (χ0v) is 14.4. The lowest BCUT2D eigenvalue weighted by Crippen LogP contribution is -2.31. The Hall–Kier alpha value is -3.35. The zero-order valence-electron chi connectivity index (χ0n) is 14.4. The molecule has 0 saturated carbocycles. The molecule has 132 valence electrons. The van der Waals surface area contributed by atoms with E-state index in [-0.39, 0.29) is 12.5 Å². The topological polar surface area (TPSA) is 94.6 Å². The first-order chi connectivity index (χ1) is 12.0. The highest BCUT2D eigenvalue weighted by atomic mass is 16.2. The zero-order chi connectivity index (χ0) is 18.7. The molecule has 0 spiro atoms. The van der Waals surface area contributed by atoms with Gasteiger partial charge in [0.1, 0.15) is 5.82 Å². The van der Waals surface area contributed by atoms with E-state index in [0.717, 1.165) is 17.5 Å². The van der Waals surface area contributed by atoms with Gasteiger partial charge in [0.2, 0.25) is 11.8 Å². The van der Waals surface area contributed by atoms with Crippen molar-refractivity contribution in [3.05, 3.63) is 61.1 Å². The summed E-state index contributed by atoms with van der Waals surface area (Å²) in [6, 6.07) is 7.08. The minimum Gasteiger partial charge on any atom is -0.387 e. The Morgan fingerprint density at radius 3 is 2.52 bits per heavy atom. The molecule has 0 unspecified atom stereocenters. The second-order valence-electron chi connectivity index (χ2n) is 4.87.